The van der Waals surface area contributed by atoms with Crippen LogP contribution in [0.4, 0.5) is 0 Å². The van der Waals surface area contributed by atoms with Crippen LogP contribution in [0.1, 0.15) is 26.7 Å². The molecule has 0 aliphatic heterocycles. The van der Waals surface area contributed by atoms with Crippen molar-refractivity contribution in [2.75, 3.05) is 58.5 Å². The highest BCUT2D eigenvalue weighted by Gasteiger charge is 2.04. The van der Waals surface area contributed by atoms with Crippen LogP contribution in [0.15, 0.2) is 0 Å². The third-order valence-corrected chi connectivity index (χ3v) is 3.26. The number of nitrogens with one attached hydrogen (secondary N) is 2. The van der Waals surface area contributed by atoms with E-state index in [0.717, 1.165) is 12.2 Å². The highest BCUT2D eigenvalue weighted by Crippen LogP contribution is 1.91. The van der Waals surface area contributed by atoms with Gasteiger partial charge in [-0.1, -0.05) is 13.8 Å². The zero-order valence-corrected chi connectivity index (χ0v) is 15.7. The first-order valence-electron chi connectivity index (χ1n) is 8.46. The first kappa shape index (κ1) is 23.2. The largest absolute Gasteiger partial charge is 0.377 e. The maximum atomic E-state index is 11.3. The Labute approximate surface area is 150 Å². The highest BCUT2D eigenvalue weighted by molar-refractivity contribution is 7.80. The van der Waals surface area contributed by atoms with Crippen molar-refractivity contribution in [2.45, 2.75) is 26.7 Å². The van der Waals surface area contributed by atoms with E-state index in [1.165, 1.54) is 0 Å². The molecular weight excluding hydrogens is 332 g/mol. The van der Waals surface area contributed by atoms with Crippen molar-refractivity contribution >= 4 is 24.4 Å². The van der Waals surface area contributed by atoms with E-state index in [4.69, 9.17) is 14.2 Å². The molecule has 8 heteroatoms. The van der Waals surface area contributed by atoms with E-state index in [1.807, 2.05) is 13.8 Å². The van der Waals surface area contributed by atoms with Crippen molar-refractivity contribution in [1.29, 1.82) is 0 Å². The average molecular weight is 365 g/mol. The Kier molecular flexibility index (Phi) is 16.4. The average Bonchev–Trinajstić information content (AvgIpc) is 2.56. The van der Waals surface area contributed by atoms with Crippen LogP contribution in [0, 0.1) is 5.92 Å². The van der Waals surface area contributed by atoms with Crippen molar-refractivity contribution in [2.24, 2.45) is 5.92 Å². The number of hydrogen-bond acceptors (Lipinski definition) is 6. The first-order chi connectivity index (χ1) is 11.6. The molecule has 0 bridgehead atoms. The number of amides is 2. The molecule has 0 fully saturated rings. The van der Waals surface area contributed by atoms with Crippen LogP contribution < -0.4 is 10.6 Å². The molecule has 0 spiro atoms. The van der Waals surface area contributed by atoms with Crippen molar-refractivity contribution in [3.8, 4) is 0 Å². The first-order valence-corrected chi connectivity index (χ1v) is 9.09. The van der Waals surface area contributed by atoms with Crippen LogP contribution in [0.25, 0.3) is 0 Å². The minimum atomic E-state index is -0.00491. The molecule has 2 N–H and O–H groups in total. The summed E-state index contributed by atoms with van der Waals surface area (Å²) in [5.74, 6) is 0.780. The quantitative estimate of drug-likeness (QED) is 0.276. The maximum Gasteiger partial charge on any atom is 0.222 e. The number of ether oxygens (including phenoxy) is 3. The molecule has 24 heavy (non-hydrogen) atoms. The standard InChI is InChI=1S/C16H32N2O5S/c1-14(2)16(20)18-6-8-22-10-12-23-11-9-21-7-5-17-15(19)4-3-13-24/h14,24H,3-13H2,1-2H3,(H,17,19)(H,18,20). The molecule has 7 nitrogen and oxygen atoms in total. The van der Waals surface area contributed by atoms with Gasteiger partial charge in [-0.15, -0.1) is 0 Å². The highest BCUT2D eigenvalue weighted by atomic mass is 32.1. The molecule has 142 valence electrons. The third kappa shape index (κ3) is 16.0. The van der Waals surface area contributed by atoms with Crippen molar-refractivity contribution in [1.82, 2.24) is 10.6 Å². The maximum absolute atomic E-state index is 11.3. The van der Waals surface area contributed by atoms with Gasteiger partial charge in [0.25, 0.3) is 0 Å². The Balaban J connectivity index is 3.15. The van der Waals surface area contributed by atoms with E-state index in [1.54, 1.807) is 0 Å². The number of carbonyl (C=O) groups is 2. The fourth-order valence-corrected chi connectivity index (χ4v) is 1.74. The molecule has 0 aromatic carbocycles. The van der Waals surface area contributed by atoms with E-state index in [0.29, 0.717) is 59.2 Å². The fraction of sp³-hybridized carbons (Fsp3) is 0.875. The number of rotatable bonds is 16. The molecule has 0 radical (unpaired) electrons. The topological polar surface area (TPSA) is 85.9 Å². The molecule has 0 unspecified atom stereocenters. The van der Waals surface area contributed by atoms with Gasteiger partial charge in [0.2, 0.25) is 11.8 Å². The van der Waals surface area contributed by atoms with E-state index < -0.39 is 0 Å². The minimum absolute atomic E-state index is 0.00491. The lowest BCUT2D eigenvalue weighted by Crippen LogP contribution is -2.31. The second kappa shape index (κ2) is 17.0. The van der Waals surface area contributed by atoms with Crippen LogP contribution in [0.5, 0.6) is 0 Å². The lowest BCUT2D eigenvalue weighted by Gasteiger charge is -2.09. The Hall–Kier alpha value is -0.830. The zero-order chi connectivity index (χ0) is 18.0. The van der Waals surface area contributed by atoms with Crippen molar-refractivity contribution in [3.63, 3.8) is 0 Å². The second-order valence-corrected chi connectivity index (χ2v) is 5.91. The molecule has 0 atom stereocenters. The van der Waals surface area contributed by atoms with Gasteiger partial charge in [-0.05, 0) is 12.2 Å². The summed E-state index contributed by atoms with van der Waals surface area (Å²) in [6, 6.07) is 0. The van der Waals surface area contributed by atoms with Gasteiger partial charge in [0, 0.05) is 25.4 Å². The van der Waals surface area contributed by atoms with Gasteiger partial charge in [-0.3, -0.25) is 9.59 Å². The summed E-state index contributed by atoms with van der Waals surface area (Å²) in [6.07, 6.45) is 1.30. The number of thiol groups is 1. The Morgan fingerprint density at radius 3 is 1.88 bits per heavy atom. The summed E-state index contributed by atoms with van der Waals surface area (Å²) in [4.78, 5) is 22.6. The summed E-state index contributed by atoms with van der Waals surface area (Å²) in [6.45, 7) is 7.62. The lowest BCUT2D eigenvalue weighted by molar-refractivity contribution is -0.124. The van der Waals surface area contributed by atoms with Crippen molar-refractivity contribution < 1.29 is 23.8 Å². The van der Waals surface area contributed by atoms with E-state index in [2.05, 4.69) is 23.3 Å². The molecular formula is C16H32N2O5S. The second-order valence-electron chi connectivity index (χ2n) is 5.46. The summed E-state index contributed by atoms with van der Waals surface area (Å²) in [7, 11) is 0. The SMILES string of the molecule is CC(C)C(=O)NCCOCCOCCOCCNC(=O)CCCS. The minimum Gasteiger partial charge on any atom is -0.377 e. The zero-order valence-electron chi connectivity index (χ0n) is 14.8. The van der Waals surface area contributed by atoms with Gasteiger partial charge in [-0.2, -0.15) is 12.6 Å². The van der Waals surface area contributed by atoms with Crippen LogP contribution in [0.3, 0.4) is 0 Å². The predicted molar refractivity (Wildman–Crippen MR) is 96.4 cm³/mol. The molecule has 0 saturated heterocycles. The summed E-state index contributed by atoms with van der Waals surface area (Å²) >= 11 is 4.06. The monoisotopic (exact) mass is 364 g/mol. The van der Waals surface area contributed by atoms with E-state index >= 15 is 0 Å². The molecule has 0 aromatic heterocycles. The normalized spacial score (nSPS) is 10.8. The molecule has 0 heterocycles. The van der Waals surface area contributed by atoms with Gasteiger partial charge in [-0.25, -0.2) is 0 Å². The van der Waals surface area contributed by atoms with Gasteiger partial charge >= 0.3 is 0 Å². The van der Waals surface area contributed by atoms with Gasteiger partial charge in [0.05, 0.1) is 39.6 Å². The van der Waals surface area contributed by atoms with Gasteiger partial charge in [0.1, 0.15) is 0 Å². The van der Waals surface area contributed by atoms with Crippen LogP contribution in [-0.2, 0) is 23.8 Å². The number of carbonyl (C=O) groups excluding carboxylic acids is 2. The Bertz CT molecular complexity index is 330. The predicted octanol–water partition coefficient (Wildman–Crippen LogP) is 0.635. The number of hydrogen-bond donors (Lipinski definition) is 3. The molecule has 0 aliphatic carbocycles. The third-order valence-electron chi connectivity index (χ3n) is 2.94. The molecule has 0 rings (SSSR count). The van der Waals surface area contributed by atoms with Crippen LogP contribution in [0.2, 0.25) is 0 Å². The Morgan fingerprint density at radius 2 is 1.38 bits per heavy atom. The molecule has 0 aliphatic rings. The van der Waals surface area contributed by atoms with Crippen LogP contribution >= 0.6 is 12.6 Å². The van der Waals surface area contributed by atoms with E-state index in [9.17, 15) is 9.59 Å². The molecule has 0 saturated carbocycles. The molecule has 0 aromatic rings. The van der Waals surface area contributed by atoms with Gasteiger partial charge in [0.15, 0.2) is 0 Å². The smallest absolute Gasteiger partial charge is 0.222 e. The Morgan fingerprint density at radius 1 is 0.875 bits per heavy atom. The van der Waals surface area contributed by atoms with Crippen molar-refractivity contribution in [3.05, 3.63) is 0 Å². The van der Waals surface area contributed by atoms with Gasteiger partial charge < -0.3 is 24.8 Å². The lowest BCUT2D eigenvalue weighted by atomic mass is 10.2. The summed E-state index contributed by atoms with van der Waals surface area (Å²) in [5, 5.41) is 5.55. The summed E-state index contributed by atoms with van der Waals surface area (Å²) < 4.78 is 16.0. The van der Waals surface area contributed by atoms with E-state index in [-0.39, 0.29) is 17.7 Å². The summed E-state index contributed by atoms with van der Waals surface area (Å²) in [5.41, 5.74) is 0. The molecule has 2 amide bonds. The van der Waals surface area contributed by atoms with Crippen LogP contribution in [-0.4, -0.2) is 70.3 Å². The fourth-order valence-electron chi connectivity index (χ4n) is 1.58.